The van der Waals surface area contributed by atoms with E-state index >= 15 is 0 Å². The topological polar surface area (TPSA) is 73.1 Å². The number of hydrogen-bond acceptors (Lipinski definition) is 5. The molecule has 0 spiro atoms. The SMILES string of the molecule is Cc1cc(-n2nnc3c2C=CN(C(=O)Oc2ccccc2)C3C)ncc1F. The van der Waals surface area contributed by atoms with Crippen molar-refractivity contribution in [1.29, 1.82) is 0 Å². The molecule has 0 fully saturated rings. The van der Waals surface area contributed by atoms with E-state index in [-0.39, 0.29) is 11.9 Å². The Bertz CT molecular complexity index is 1030. The Hall–Kier alpha value is -3.55. The molecule has 1 atom stereocenters. The van der Waals surface area contributed by atoms with Crippen molar-refractivity contribution in [2.45, 2.75) is 19.9 Å². The molecular formula is C19H16FN5O2. The van der Waals surface area contributed by atoms with Gasteiger partial charge in [0.15, 0.2) is 5.82 Å². The van der Waals surface area contributed by atoms with Gasteiger partial charge in [-0.05, 0) is 43.7 Å². The summed E-state index contributed by atoms with van der Waals surface area (Å²) in [5.41, 5.74) is 1.75. The van der Waals surface area contributed by atoms with Crippen molar-refractivity contribution >= 4 is 12.2 Å². The molecule has 4 rings (SSSR count). The summed E-state index contributed by atoms with van der Waals surface area (Å²) < 4.78 is 20.4. The van der Waals surface area contributed by atoms with Crippen LogP contribution < -0.4 is 4.74 Å². The first-order valence-corrected chi connectivity index (χ1v) is 8.36. The summed E-state index contributed by atoms with van der Waals surface area (Å²) in [6, 6.07) is 10.1. The van der Waals surface area contributed by atoms with Crippen LogP contribution in [0.1, 0.15) is 29.9 Å². The van der Waals surface area contributed by atoms with E-state index in [0.717, 1.165) is 6.20 Å². The second-order valence-electron chi connectivity index (χ2n) is 6.14. The summed E-state index contributed by atoms with van der Waals surface area (Å²) in [4.78, 5) is 18.0. The number of fused-ring (bicyclic) bond motifs is 1. The number of amides is 1. The standard InChI is InChI=1S/C19H16FN5O2/c1-12-10-17(21-11-15(12)20)25-16-8-9-24(13(2)18(16)22-23-25)19(26)27-14-6-4-3-5-7-14/h3-11,13H,1-2H3. The molecule has 7 nitrogen and oxygen atoms in total. The predicted molar refractivity (Wildman–Crippen MR) is 95.6 cm³/mol. The summed E-state index contributed by atoms with van der Waals surface area (Å²) in [5.74, 6) is 0.537. The fourth-order valence-electron chi connectivity index (χ4n) is 2.84. The van der Waals surface area contributed by atoms with Crippen molar-refractivity contribution in [3.05, 3.63) is 71.6 Å². The van der Waals surface area contributed by atoms with E-state index < -0.39 is 6.09 Å². The second kappa shape index (κ2) is 6.64. The van der Waals surface area contributed by atoms with Gasteiger partial charge >= 0.3 is 6.09 Å². The summed E-state index contributed by atoms with van der Waals surface area (Å²) >= 11 is 0. The highest BCUT2D eigenvalue weighted by Gasteiger charge is 2.30. The molecule has 1 amide bonds. The van der Waals surface area contributed by atoms with Crippen molar-refractivity contribution < 1.29 is 13.9 Å². The Balaban J connectivity index is 1.61. The Morgan fingerprint density at radius 1 is 1.26 bits per heavy atom. The van der Waals surface area contributed by atoms with Crippen LogP contribution in [0.2, 0.25) is 0 Å². The van der Waals surface area contributed by atoms with Crippen molar-refractivity contribution in [1.82, 2.24) is 24.9 Å². The van der Waals surface area contributed by atoms with Gasteiger partial charge in [-0.25, -0.2) is 14.2 Å². The zero-order chi connectivity index (χ0) is 19.0. The molecule has 1 aromatic carbocycles. The number of halogens is 1. The lowest BCUT2D eigenvalue weighted by Crippen LogP contribution is -2.33. The highest BCUT2D eigenvalue weighted by Crippen LogP contribution is 2.30. The van der Waals surface area contributed by atoms with Crippen LogP contribution in [0.15, 0.2) is 48.8 Å². The van der Waals surface area contributed by atoms with Gasteiger partial charge in [0.05, 0.1) is 17.9 Å². The summed E-state index contributed by atoms with van der Waals surface area (Å²) in [5, 5.41) is 8.30. The monoisotopic (exact) mass is 365 g/mol. The number of rotatable bonds is 2. The van der Waals surface area contributed by atoms with Crippen LogP contribution in [0.4, 0.5) is 9.18 Å². The van der Waals surface area contributed by atoms with Crippen LogP contribution in [0.25, 0.3) is 11.9 Å². The molecule has 0 aliphatic carbocycles. The van der Waals surface area contributed by atoms with Gasteiger partial charge in [-0.3, -0.25) is 4.90 Å². The number of pyridine rings is 1. The molecule has 3 aromatic rings. The summed E-state index contributed by atoms with van der Waals surface area (Å²) in [6.45, 7) is 3.49. The largest absolute Gasteiger partial charge is 0.419 e. The highest BCUT2D eigenvalue weighted by molar-refractivity contribution is 5.75. The third-order valence-electron chi connectivity index (χ3n) is 4.35. The van der Waals surface area contributed by atoms with Gasteiger partial charge < -0.3 is 4.74 Å². The Labute approximate surface area is 154 Å². The van der Waals surface area contributed by atoms with Crippen molar-refractivity contribution in [2.24, 2.45) is 0 Å². The van der Waals surface area contributed by atoms with E-state index in [2.05, 4.69) is 15.3 Å². The van der Waals surface area contributed by atoms with E-state index in [1.807, 2.05) is 13.0 Å². The van der Waals surface area contributed by atoms with E-state index in [1.54, 1.807) is 49.5 Å². The van der Waals surface area contributed by atoms with E-state index in [1.165, 1.54) is 9.58 Å². The first-order valence-electron chi connectivity index (χ1n) is 8.36. The Kier molecular flexibility index (Phi) is 4.15. The Morgan fingerprint density at radius 2 is 2.04 bits per heavy atom. The van der Waals surface area contributed by atoms with E-state index in [9.17, 15) is 9.18 Å². The molecule has 0 radical (unpaired) electrons. The molecule has 0 N–H and O–H groups in total. The lowest BCUT2D eigenvalue weighted by Gasteiger charge is -2.26. The van der Waals surface area contributed by atoms with E-state index in [0.29, 0.717) is 28.5 Å². The lowest BCUT2D eigenvalue weighted by atomic mass is 10.1. The third-order valence-corrected chi connectivity index (χ3v) is 4.35. The van der Waals surface area contributed by atoms with Gasteiger partial charge in [-0.2, -0.15) is 4.68 Å². The van der Waals surface area contributed by atoms with Crippen LogP contribution in [0, 0.1) is 12.7 Å². The van der Waals surface area contributed by atoms with Gasteiger partial charge in [0.2, 0.25) is 0 Å². The minimum Gasteiger partial charge on any atom is -0.410 e. The number of aryl methyl sites for hydroxylation is 1. The maximum atomic E-state index is 13.5. The number of ether oxygens (including phenoxy) is 1. The van der Waals surface area contributed by atoms with Gasteiger partial charge in [-0.1, -0.05) is 23.4 Å². The first kappa shape index (κ1) is 16.9. The summed E-state index contributed by atoms with van der Waals surface area (Å²) in [7, 11) is 0. The highest BCUT2D eigenvalue weighted by atomic mass is 19.1. The quantitative estimate of drug-likeness (QED) is 0.693. The smallest absolute Gasteiger partial charge is 0.410 e. The summed E-state index contributed by atoms with van der Waals surface area (Å²) in [6.07, 6.45) is 3.97. The fraction of sp³-hybridized carbons (Fsp3) is 0.158. The average molecular weight is 365 g/mol. The first-order chi connectivity index (χ1) is 13.0. The Morgan fingerprint density at radius 3 is 2.78 bits per heavy atom. The normalized spacial score (nSPS) is 15.5. The zero-order valence-electron chi connectivity index (χ0n) is 14.7. The molecule has 0 bridgehead atoms. The van der Waals surface area contributed by atoms with Crippen molar-refractivity contribution in [3.8, 4) is 11.6 Å². The molecule has 0 saturated carbocycles. The van der Waals surface area contributed by atoms with E-state index in [4.69, 9.17) is 4.74 Å². The van der Waals surface area contributed by atoms with Crippen LogP contribution in [0.3, 0.4) is 0 Å². The zero-order valence-corrected chi connectivity index (χ0v) is 14.7. The maximum absolute atomic E-state index is 13.5. The van der Waals surface area contributed by atoms with Crippen LogP contribution >= 0.6 is 0 Å². The molecule has 2 aromatic heterocycles. The number of carbonyl (C=O) groups is 1. The number of para-hydroxylation sites is 1. The van der Waals surface area contributed by atoms with Crippen LogP contribution in [-0.2, 0) is 0 Å². The lowest BCUT2D eigenvalue weighted by molar-refractivity contribution is 0.156. The predicted octanol–water partition coefficient (Wildman–Crippen LogP) is 3.66. The number of aromatic nitrogens is 4. The van der Waals surface area contributed by atoms with Crippen LogP contribution in [0.5, 0.6) is 5.75 Å². The fourth-order valence-corrected chi connectivity index (χ4v) is 2.84. The van der Waals surface area contributed by atoms with Crippen LogP contribution in [-0.4, -0.2) is 31.0 Å². The second-order valence-corrected chi connectivity index (χ2v) is 6.14. The van der Waals surface area contributed by atoms with Gasteiger partial charge in [0, 0.05) is 6.20 Å². The molecule has 27 heavy (non-hydrogen) atoms. The van der Waals surface area contributed by atoms with Crippen molar-refractivity contribution in [3.63, 3.8) is 0 Å². The van der Waals surface area contributed by atoms with Crippen molar-refractivity contribution in [2.75, 3.05) is 0 Å². The third kappa shape index (κ3) is 3.05. The number of benzene rings is 1. The van der Waals surface area contributed by atoms with Gasteiger partial charge in [0.1, 0.15) is 17.3 Å². The molecule has 0 saturated heterocycles. The number of nitrogens with zero attached hydrogens (tertiary/aromatic N) is 5. The van der Waals surface area contributed by atoms with Gasteiger partial charge in [0.25, 0.3) is 0 Å². The minimum absolute atomic E-state index is 0.378. The number of hydrogen-bond donors (Lipinski definition) is 0. The molecule has 1 aliphatic rings. The maximum Gasteiger partial charge on any atom is 0.419 e. The molecule has 8 heteroatoms. The minimum atomic E-state index is -0.513. The molecule has 1 aliphatic heterocycles. The molecule has 1 unspecified atom stereocenters. The van der Waals surface area contributed by atoms with Gasteiger partial charge in [-0.15, -0.1) is 5.10 Å². The average Bonchev–Trinajstić information content (AvgIpc) is 3.10. The molecular weight excluding hydrogens is 349 g/mol. The molecule has 136 valence electrons. The number of carbonyl (C=O) groups excluding carboxylic acids is 1. The molecule has 3 heterocycles.